The molecule has 0 aromatic heterocycles. The standard InChI is InChI=1S/C26H31P/c1-2-12-25(19-22-13-6-3-7-14-22)26(27,20-23-15-8-4-9-16-23)21-24-17-10-5-11-18-24/h3-11,13-18,25H,2,12,19-21,27H2,1H3. The lowest BCUT2D eigenvalue weighted by molar-refractivity contribution is 0.340. The maximum Gasteiger partial charge on any atom is -0.00385 e. The second-order valence-corrected chi connectivity index (χ2v) is 8.88. The Morgan fingerprint density at radius 3 is 1.48 bits per heavy atom. The fraction of sp³-hybridized carbons (Fsp3) is 0.308. The fourth-order valence-corrected chi connectivity index (χ4v) is 4.90. The van der Waals surface area contributed by atoms with Gasteiger partial charge >= 0.3 is 0 Å². The van der Waals surface area contributed by atoms with Crippen LogP contribution in [0, 0.1) is 5.92 Å². The maximum absolute atomic E-state index is 3.30. The Bertz CT molecular complexity index is 739. The number of hydrogen-bond acceptors (Lipinski definition) is 0. The van der Waals surface area contributed by atoms with E-state index < -0.39 is 0 Å². The molecule has 27 heavy (non-hydrogen) atoms. The summed E-state index contributed by atoms with van der Waals surface area (Å²) in [5, 5.41) is 0.147. The van der Waals surface area contributed by atoms with Crippen LogP contribution in [-0.2, 0) is 19.3 Å². The summed E-state index contributed by atoms with van der Waals surface area (Å²) in [5.74, 6) is 0.621. The molecule has 0 saturated heterocycles. The normalized spacial score (nSPS) is 12.7. The first-order chi connectivity index (χ1) is 13.2. The van der Waals surface area contributed by atoms with Crippen LogP contribution in [0.4, 0.5) is 0 Å². The highest BCUT2D eigenvalue weighted by Gasteiger charge is 2.34. The summed E-state index contributed by atoms with van der Waals surface area (Å²) >= 11 is 0. The van der Waals surface area contributed by atoms with E-state index in [2.05, 4.69) is 107 Å². The van der Waals surface area contributed by atoms with Gasteiger partial charge in [0.1, 0.15) is 0 Å². The van der Waals surface area contributed by atoms with Gasteiger partial charge in [-0.25, -0.2) is 0 Å². The van der Waals surface area contributed by atoms with Crippen LogP contribution in [0.1, 0.15) is 36.5 Å². The topological polar surface area (TPSA) is 0 Å². The highest BCUT2D eigenvalue weighted by atomic mass is 31.0. The van der Waals surface area contributed by atoms with Crippen molar-refractivity contribution in [1.29, 1.82) is 0 Å². The summed E-state index contributed by atoms with van der Waals surface area (Å²) in [4.78, 5) is 0. The summed E-state index contributed by atoms with van der Waals surface area (Å²) < 4.78 is 0. The van der Waals surface area contributed by atoms with E-state index in [9.17, 15) is 0 Å². The van der Waals surface area contributed by atoms with Crippen LogP contribution in [0.25, 0.3) is 0 Å². The maximum atomic E-state index is 3.30. The molecular formula is C26H31P. The third kappa shape index (κ3) is 5.78. The molecule has 0 radical (unpaired) electrons. The van der Waals surface area contributed by atoms with Crippen LogP contribution in [0.5, 0.6) is 0 Å². The summed E-state index contributed by atoms with van der Waals surface area (Å²) in [7, 11) is 3.30. The van der Waals surface area contributed by atoms with E-state index in [-0.39, 0.29) is 5.16 Å². The Balaban J connectivity index is 1.91. The molecular weight excluding hydrogens is 343 g/mol. The van der Waals surface area contributed by atoms with Crippen LogP contribution in [0.2, 0.25) is 0 Å². The molecule has 0 aliphatic carbocycles. The predicted octanol–water partition coefficient (Wildman–Crippen LogP) is 6.74. The van der Waals surface area contributed by atoms with Gasteiger partial charge < -0.3 is 0 Å². The summed E-state index contributed by atoms with van der Waals surface area (Å²) in [6, 6.07) is 33.0. The lowest BCUT2D eigenvalue weighted by atomic mass is 9.76. The van der Waals surface area contributed by atoms with Crippen LogP contribution in [0.15, 0.2) is 91.0 Å². The Kier molecular flexibility index (Phi) is 7.25. The van der Waals surface area contributed by atoms with Crippen LogP contribution >= 0.6 is 9.24 Å². The fourth-order valence-electron chi connectivity index (χ4n) is 4.14. The molecule has 0 spiro atoms. The molecule has 0 saturated carbocycles. The van der Waals surface area contributed by atoms with E-state index >= 15 is 0 Å². The quantitative estimate of drug-likeness (QED) is 0.364. The molecule has 0 aliphatic rings. The molecule has 0 heterocycles. The molecule has 3 aromatic rings. The third-order valence-electron chi connectivity index (χ3n) is 5.53. The van der Waals surface area contributed by atoms with Crippen LogP contribution in [-0.4, -0.2) is 5.16 Å². The van der Waals surface area contributed by atoms with Crippen molar-refractivity contribution in [3.05, 3.63) is 108 Å². The van der Waals surface area contributed by atoms with E-state index in [0.29, 0.717) is 5.92 Å². The van der Waals surface area contributed by atoms with Crippen molar-refractivity contribution in [2.45, 2.75) is 44.2 Å². The van der Waals surface area contributed by atoms with E-state index in [1.807, 2.05) is 0 Å². The summed E-state index contributed by atoms with van der Waals surface area (Å²) in [5.41, 5.74) is 4.30. The minimum absolute atomic E-state index is 0.147. The lowest BCUT2D eigenvalue weighted by Gasteiger charge is -2.39. The molecule has 3 rings (SSSR count). The number of hydrogen-bond donors (Lipinski definition) is 0. The van der Waals surface area contributed by atoms with E-state index in [1.165, 1.54) is 29.5 Å². The molecule has 0 nitrogen and oxygen atoms in total. The Morgan fingerprint density at radius 2 is 1.07 bits per heavy atom. The Labute approximate surface area is 167 Å². The zero-order valence-corrected chi connectivity index (χ0v) is 17.5. The molecule has 2 atom stereocenters. The first-order valence-electron chi connectivity index (χ1n) is 10.1. The molecule has 0 aliphatic heterocycles. The van der Waals surface area contributed by atoms with E-state index in [4.69, 9.17) is 0 Å². The Morgan fingerprint density at radius 1 is 0.667 bits per heavy atom. The first kappa shape index (κ1) is 19.8. The second kappa shape index (κ2) is 9.86. The van der Waals surface area contributed by atoms with Crippen molar-refractivity contribution >= 4 is 9.24 Å². The van der Waals surface area contributed by atoms with Crippen molar-refractivity contribution in [3.8, 4) is 0 Å². The highest BCUT2D eigenvalue weighted by Crippen LogP contribution is 2.40. The zero-order chi connectivity index (χ0) is 19.0. The largest absolute Gasteiger partial charge is 0.130 e. The first-order valence-corrected chi connectivity index (χ1v) is 10.7. The lowest BCUT2D eigenvalue weighted by Crippen LogP contribution is -2.37. The second-order valence-electron chi connectivity index (χ2n) is 7.73. The third-order valence-corrected chi connectivity index (χ3v) is 6.41. The van der Waals surface area contributed by atoms with E-state index in [0.717, 1.165) is 19.3 Å². The predicted molar refractivity (Wildman–Crippen MR) is 121 cm³/mol. The SMILES string of the molecule is CCCC(Cc1ccccc1)C(P)(Cc1ccccc1)Cc1ccccc1. The van der Waals surface area contributed by atoms with Crippen LogP contribution < -0.4 is 0 Å². The average Bonchev–Trinajstić information content (AvgIpc) is 2.70. The van der Waals surface area contributed by atoms with Gasteiger partial charge in [0.15, 0.2) is 0 Å². The van der Waals surface area contributed by atoms with Crippen molar-refractivity contribution in [2.24, 2.45) is 5.92 Å². The minimum Gasteiger partial charge on any atom is -0.130 e. The van der Waals surface area contributed by atoms with Gasteiger partial charge in [-0.05, 0) is 53.4 Å². The number of benzene rings is 3. The molecule has 0 fully saturated rings. The molecule has 0 bridgehead atoms. The highest BCUT2D eigenvalue weighted by molar-refractivity contribution is 7.19. The minimum atomic E-state index is 0.147. The van der Waals surface area contributed by atoms with Gasteiger partial charge in [-0.3, -0.25) is 0 Å². The van der Waals surface area contributed by atoms with Crippen molar-refractivity contribution < 1.29 is 0 Å². The molecule has 2 unspecified atom stereocenters. The summed E-state index contributed by atoms with van der Waals surface area (Å²) in [6.45, 7) is 2.31. The summed E-state index contributed by atoms with van der Waals surface area (Å²) in [6.07, 6.45) is 5.78. The molecule has 0 amide bonds. The zero-order valence-electron chi connectivity index (χ0n) is 16.4. The Hall–Kier alpha value is -1.91. The smallest absolute Gasteiger partial charge is 0.00385 e. The molecule has 140 valence electrons. The van der Waals surface area contributed by atoms with E-state index in [1.54, 1.807) is 0 Å². The molecule has 0 N–H and O–H groups in total. The van der Waals surface area contributed by atoms with Gasteiger partial charge in [-0.15, -0.1) is 9.24 Å². The van der Waals surface area contributed by atoms with Crippen molar-refractivity contribution in [3.63, 3.8) is 0 Å². The van der Waals surface area contributed by atoms with Gasteiger partial charge in [0.05, 0.1) is 0 Å². The average molecular weight is 375 g/mol. The van der Waals surface area contributed by atoms with Crippen molar-refractivity contribution in [2.75, 3.05) is 0 Å². The van der Waals surface area contributed by atoms with Gasteiger partial charge in [-0.2, -0.15) is 0 Å². The van der Waals surface area contributed by atoms with Crippen molar-refractivity contribution in [1.82, 2.24) is 0 Å². The van der Waals surface area contributed by atoms with Crippen LogP contribution in [0.3, 0.4) is 0 Å². The monoisotopic (exact) mass is 374 g/mol. The van der Waals surface area contributed by atoms with Gasteiger partial charge in [0.25, 0.3) is 0 Å². The number of rotatable bonds is 9. The molecule has 1 heteroatoms. The van der Waals surface area contributed by atoms with Gasteiger partial charge in [-0.1, -0.05) is 104 Å². The van der Waals surface area contributed by atoms with Gasteiger partial charge in [0, 0.05) is 0 Å². The molecule has 3 aromatic carbocycles. The van der Waals surface area contributed by atoms with Gasteiger partial charge in [0.2, 0.25) is 0 Å².